The first-order valence-electron chi connectivity index (χ1n) is 7.93. The van der Waals surface area contributed by atoms with E-state index in [-0.39, 0.29) is 11.2 Å². The van der Waals surface area contributed by atoms with Crippen molar-refractivity contribution in [2.75, 3.05) is 5.32 Å². The first-order valence-corrected chi connectivity index (χ1v) is 8.81. The third-order valence-electron chi connectivity index (χ3n) is 4.21. The lowest BCUT2D eigenvalue weighted by Crippen LogP contribution is -2.37. The molecule has 1 amide bonds. The van der Waals surface area contributed by atoms with Crippen molar-refractivity contribution in [2.45, 2.75) is 36.0 Å². The van der Waals surface area contributed by atoms with E-state index in [1.54, 1.807) is 18.7 Å². The SMILES string of the molecule is C[C@@H](O)[C@@H]1C(=O)Nc2ccccc2S[C@H]1CCc1ccccc1. The number of amides is 1. The lowest BCUT2D eigenvalue weighted by Gasteiger charge is -2.25. The van der Waals surface area contributed by atoms with Crippen molar-refractivity contribution in [3.63, 3.8) is 0 Å². The van der Waals surface area contributed by atoms with Crippen LogP contribution in [0.5, 0.6) is 0 Å². The van der Waals surface area contributed by atoms with Crippen molar-refractivity contribution in [3.05, 3.63) is 60.2 Å². The predicted octanol–water partition coefficient (Wildman–Crippen LogP) is 3.73. The highest BCUT2D eigenvalue weighted by Gasteiger charge is 2.36. The molecule has 0 saturated carbocycles. The first-order chi connectivity index (χ1) is 11.1. The van der Waals surface area contributed by atoms with Crippen molar-refractivity contribution in [2.24, 2.45) is 5.92 Å². The van der Waals surface area contributed by atoms with Crippen LogP contribution in [0.4, 0.5) is 5.69 Å². The Balaban J connectivity index is 1.83. The Morgan fingerprint density at radius 2 is 1.83 bits per heavy atom. The van der Waals surface area contributed by atoms with Crippen molar-refractivity contribution in [1.29, 1.82) is 0 Å². The van der Waals surface area contributed by atoms with Crippen molar-refractivity contribution >= 4 is 23.4 Å². The lowest BCUT2D eigenvalue weighted by molar-refractivity contribution is -0.122. The lowest BCUT2D eigenvalue weighted by atomic mass is 9.93. The van der Waals surface area contributed by atoms with E-state index in [1.165, 1.54) is 5.56 Å². The molecule has 2 N–H and O–H groups in total. The number of benzene rings is 2. The van der Waals surface area contributed by atoms with Gasteiger partial charge in [-0.25, -0.2) is 0 Å². The maximum atomic E-state index is 12.6. The molecule has 4 heteroatoms. The summed E-state index contributed by atoms with van der Waals surface area (Å²) in [4.78, 5) is 13.6. The van der Waals surface area contributed by atoms with Gasteiger partial charge in [0.25, 0.3) is 0 Å². The van der Waals surface area contributed by atoms with E-state index in [0.29, 0.717) is 0 Å². The second-order valence-electron chi connectivity index (χ2n) is 5.93. The number of para-hydroxylation sites is 1. The summed E-state index contributed by atoms with van der Waals surface area (Å²) in [7, 11) is 0. The molecule has 0 fully saturated rings. The van der Waals surface area contributed by atoms with Crippen LogP contribution < -0.4 is 5.32 Å². The number of nitrogens with one attached hydrogen (secondary N) is 1. The Kier molecular flexibility index (Phi) is 5.03. The van der Waals surface area contributed by atoms with E-state index in [9.17, 15) is 9.90 Å². The van der Waals surface area contributed by atoms with Crippen LogP contribution in [0.15, 0.2) is 59.5 Å². The minimum absolute atomic E-state index is 0.0545. The Bertz CT molecular complexity index is 672. The summed E-state index contributed by atoms with van der Waals surface area (Å²) in [5, 5.41) is 13.2. The van der Waals surface area contributed by atoms with E-state index in [0.717, 1.165) is 23.4 Å². The van der Waals surface area contributed by atoms with E-state index in [1.807, 2.05) is 42.5 Å². The van der Waals surface area contributed by atoms with Crippen LogP contribution in [-0.4, -0.2) is 22.4 Å². The summed E-state index contributed by atoms with van der Waals surface area (Å²) in [6.07, 6.45) is 1.08. The molecule has 0 spiro atoms. The molecule has 0 saturated heterocycles. The quantitative estimate of drug-likeness (QED) is 0.899. The van der Waals surface area contributed by atoms with Crippen molar-refractivity contribution < 1.29 is 9.90 Å². The van der Waals surface area contributed by atoms with Crippen LogP contribution in [0.2, 0.25) is 0 Å². The average Bonchev–Trinajstić information content (AvgIpc) is 2.69. The summed E-state index contributed by atoms with van der Waals surface area (Å²) in [5.74, 6) is -0.494. The summed E-state index contributed by atoms with van der Waals surface area (Å²) in [5.41, 5.74) is 2.10. The summed E-state index contributed by atoms with van der Waals surface area (Å²) in [6.45, 7) is 1.70. The number of aryl methyl sites for hydroxylation is 1. The highest BCUT2D eigenvalue weighted by atomic mass is 32.2. The molecule has 3 nitrogen and oxygen atoms in total. The van der Waals surface area contributed by atoms with Gasteiger partial charge in [-0.2, -0.15) is 0 Å². The molecule has 0 aromatic heterocycles. The number of aliphatic hydroxyl groups is 1. The zero-order valence-corrected chi connectivity index (χ0v) is 13.9. The molecular weight excluding hydrogens is 306 g/mol. The number of aliphatic hydroxyl groups excluding tert-OH is 1. The first kappa shape index (κ1) is 16.1. The zero-order chi connectivity index (χ0) is 16.2. The Morgan fingerprint density at radius 1 is 1.13 bits per heavy atom. The molecule has 120 valence electrons. The number of thioether (sulfide) groups is 1. The van der Waals surface area contributed by atoms with Gasteiger partial charge in [-0.1, -0.05) is 42.5 Å². The number of carbonyl (C=O) groups excluding carboxylic acids is 1. The second kappa shape index (κ2) is 7.20. The van der Waals surface area contributed by atoms with Crippen LogP contribution in [-0.2, 0) is 11.2 Å². The fraction of sp³-hybridized carbons (Fsp3) is 0.316. The fourth-order valence-electron chi connectivity index (χ4n) is 3.02. The maximum absolute atomic E-state index is 12.6. The molecule has 1 aliphatic heterocycles. The zero-order valence-electron chi connectivity index (χ0n) is 13.1. The van der Waals surface area contributed by atoms with Crippen LogP contribution in [0.3, 0.4) is 0 Å². The van der Waals surface area contributed by atoms with Gasteiger partial charge in [0.2, 0.25) is 5.91 Å². The molecule has 2 aromatic rings. The Hall–Kier alpha value is -1.78. The highest BCUT2D eigenvalue weighted by Crippen LogP contribution is 2.40. The highest BCUT2D eigenvalue weighted by molar-refractivity contribution is 8.00. The van der Waals surface area contributed by atoms with Crippen LogP contribution in [0.1, 0.15) is 18.9 Å². The van der Waals surface area contributed by atoms with Gasteiger partial charge in [-0.15, -0.1) is 11.8 Å². The molecule has 0 aliphatic carbocycles. The number of carbonyl (C=O) groups is 1. The fourth-order valence-corrected chi connectivity index (χ4v) is 4.48. The number of rotatable bonds is 4. The van der Waals surface area contributed by atoms with E-state index in [2.05, 4.69) is 17.4 Å². The molecule has 3 rings (SSSR count). The topological polar surface area (TPSA) is 49.3 Å². The normalized spacial score (nSPS) is 21.9. The third-order valence-corrected chi connectivity index (χ3v) is 5.65. The van der Waals surface area contributed by atoms with Crippen molar-refractivity contribution in [1.82, 2.24) is 0 Å². The van der Waals surface area contributed by atoms with E-state index in [4.69, 9.17) is 0 Å². The Labute approximate surface area is 141 Å². The molecule has 0 unspecified atom stereocenters. The monoisotopic (exact) mass is 327 g/mol. The largest absolute Gasteiger partial charge is 0.393 e. The molecular formula is C19H21NO2S. The molecule has 0 radical (unpaired) electrons. The van der Waals surface area contributed by atoms with Gasteiger partial charge in [0, 0.05) is 10.1 Å². The number of hydrogen-bond donors (Lipinski definition) is 2. The van der Waals surface area contributed by atoms with Gasteiger partial charge in [0.1, 0.15) is 0 Å². The minimum Gasteiger partial charge on any atom is -0.393 e. The van der Waals surface area contributed by atoms with Gasteiger partial charge in [0.05, 0.1) is 17.7 Å². The number of anilines is 1. The van der Waals surface area contributed by atoms with Crippen LogP contribution >= 0.6 is 11.8 Å². The maximum Gasteiger partial charge on any atom is 0.231 e. The summed E-state index contributed by atoms with van der Waals surface area (Å²) >= 11 is 1.69. The molecule has 3 atom stereocenters. The molecule has 0 bridgehead atoms. The van der Waals surface area contributed by atoms with Gasteiger partial charge in [-0.05, 0) is 37.5 Å². The average molecular weight is 327 g/mol. The van der Waals surface area contributed by atoms with E-state index >= 15 is 0 Å². The smallest absolute Gasteiger partial charge is 0.231 e. The van der Waals surface area contributed by atoms with Gasteiger partial charge in [0.15, 0.2) is 0 Å². The number of hydrogen-bond acceptors (Lipinski definition) is 3. The minimum atomic E-state index is -0.669. The molecule has 2 aromatic carbocycles. The second-order valence-corrected chi connectivity index (χ2v) is 7.21. The number of fused-ring (bicyclic) bond motifs is 1. The summed E-state index contributed by atoms with van der Waals surface area (Å²) in [6, 6.07) is 18.1. The standard InChI is InChI=1S/C19H21NO2S/c1-13(21)18-17(12-11-14-7-3-2-4-8-14)23-16-10-6-5-9-15(16)20-19(18)22/h2-10,13,17-18,21H,11-12H2,1H3,(H,20,22)/t13-,17+,18+/m1/s1. The van der Waals surface area contributed by atoms with Gasteiger partial charge in [-0.3, -0.25) is 4.79 Å². The molecule has 1 aliphatic rings. The molecule has 1 heterocycles. The van der Waals surface area contributed by atoms with Gasteiger partial charge >= 0.3 is 0 Å². The molecule has 23 heavy (non-hydrogen) atoms. The van der Waals surface area contributed by atoms with E-state index < -0.39 is 12.0 Å². The third kappa shape index (κ3) is 3.77. The van der Waals surface area contributed by atoms with Crippen LogP contribution in [0, 0.1) is 5.92 Å². The summed E-state index contributed by atoms with van der Waals surface area (Å²) < 4.78 is 0. The predicted molar refractivity (Wildman–Crippen MR) is 94.7 cm³/mol. The van der Waals surface area contributed by atoms with Gasteiger partial charge < -0.3 is 10.4 Å². The van der Waals surface area contributed by atoms with Crippen molar-refractivity contribution in [3.8, 4) is 0 Å². The Morgan fingerprint density at radius 3 is 2.57 bits per heavy atom. The van der Waals surface area contributed by atoms with Crippen LogP contribution in [0.25, 0.3) is 0 Å².